The van der Waals surface area contributed by atoms with E-state index in [2.05, 4.69) is 19.8 Å². The third-order valence-electron chi connectivity index (χ3n) is 2.13. The second kappa shape index (κ2) is 4.96. The van der Waals surface area contributed by atoms with E-state index in [4.69, 9.17) is 4.74 Å². The van der Waals surface area contributed by atoms with Gasteiger partial charge in [-0.3, -0.25) is 0 Å². The summed E-state index contributed by atoms with van der Waals surface area (Å²) in [4.78, 5) is 23.1. The Hall–Kier alpha value is -0.581. The van der Waals surface area contributed by atoms with Gasteiger partial charge in [-0.2, -0.15) is 0 Å². The number of aromatic nitrogens is 1. The molecule has 3 nitrogen and oxygen atoms in total. The van der Waals surface area contributed by atoms with Crippen LogP contribution < -0.4 is 3.71 Å². The van der Waals surface area contributed by atoms with E-state index in [1.165, 1.54) is 0 Å². The summed E-state index contributed by atoms with van der Waals surface area (Å²) in [5.74, 6) is -0.338. The Balaban J connectivity index is 2.97. The van der Waals surface area contributed by atoms with Gasteiger partial charge >= 0.3 is 108 Å². The number of hydrogen-bond donors (Lipinski definition) is 0. The van der Waals surface area contributed by atoms with Gasteiger partial charge in [0.2, 0.25) is 0 Å². The van der Waals surface area contributed by atoms with E-state index < -0.39 is 24.0 Å². The van der Waals surface area contributed by atoms with Crippen LogP contribution in [0, 0.1) is 0 Å². The van der Waals surface area contributed by atoms with E-state index in [1.54, 1.807) is 6.07 Å². The SMILES string of the molecule is CC(C)(C)OC(=O)c1ccc[c]([Sn]([CH3])([CH3])[CH3])n1. The fourth-order valence-corrected chi connectivity index (χ4v) is 4.30. The summed E-state index contributed by atoms with van der Waals surface area (Å²) < 4.78 is 6.41. The third-order valence-corrected chi connectivity index (χ3v) is 7.31. The maximum absolute atomic E-state index is 11.9. The Kier molecular flexibility index (Phi) is 4.23. The number of rotatable bonds is 2. The molecule has 0 unspecified atom stereocenters. The van der Waals surface area contributed by atoms with Gasteiger partial charge in [-0.05, 0) is 0 Å². The second-order valence-corrected chi connectivity index (χ2v) is 20.5. The Morgan fingerprint density at radius 1 is 1.24 bits per heavy atom. The molecule has 1 aromatic heterocycles. The number of esters is 1. The fourth-order valence-electron chi connectivity index (χ4n) is 1.30. The van der Waals surface area contributed by atoms with Gasteiger partial charge in [0.1, 0.15) is 0 Å². The van der Waals surface area contributed by atoms with Gasteiger partial charge in [0, 0.05) is 0 Å². The number of ether oxygens (including phenoxy) is 1. The van der Waals surface area contributed by atoms with Crippen molar-refractivity contribution in [2.45, 2.75) is 41.2 Å². The molecule has 0 saturated carbocycles. The molecule has 1 heterocycles. The molecule has 0 fully saturated rings. The molecule has 0 aliphatic carbocycles. The van der Waals surface area contributed by atoms with Crippen molar-refractivity contribution >= 4 is 28.1 Å². The number of carbonyl (C=O) groups excluding carboxylic acids is 1. The molecular weight excluding hydrogens is 321 g/mol. The first kappa shape index (κ1) is 14.5. The number of nitrogens with zero attached hydrogens (tertiary/aromatic N) is 1. The van der Waals surface area contributed by atoms with Crippen molar-refractivity contribution in [2.24, 2.45) is 0 Å². The predicted octanol–water partition coefficient (Wildman–Crippen LogP) is 2.58. The van der Waals surface area contributed by atoms with E-state index >= 15 is 0 Å². The first-order chi connectivity index (χ1) is 7.59. The molecule has 0 aliphatic heterocycles. The molecule has 1 aromatic rings. The normalized spacial score (nSPS) is 12.4. The van der Waals surface area contributed by atoms with Gasteiger partial charge in [0.15, 0.2) is 0 Å². The molecule has 17 heavy (non-hydrogen) atoms. The van der Waals surface area contributed by atoms with Crippen LogP contribution in [0.2, 0.25) is 14.8 Å². The van der Waals surface area contributed by atoms with Gasteiger partial charge in [0.25, 0.3) is 0 Å². The summed E-state index contributed by atoms with van der Waals surface area (Å²) >= 11 is -2.21. The van der Waals surface area contributed by atoms with Crippen LogP contribution in [0.25, 0.3) is 0 Å². The predicted molar refractivity (Wildman–Crippen MR) is 72.4 cm³/mol. The topological polar surface area (TPSA) is 39.2 Å². The molecule has 0 atom stereocenters. The summed E-state index contributed by atoms with van der Waals surface area (Å²) in [5.41, 5.74) is -0.0520. The van der Waals surface area contributed by atoms with Crippen LogP contribution in [0.15, 0.2) is 18.2 Å². The first-order valence-corrected chi connectivity index (χ1v) is 15.8. The van der Waals surface area contributed by atoms with Crippen molar-refractivity contribution in [3.8, 4) is 0 Å². The maximum atomic E-state index is 11.9. The zero-order valence-electron chi connectivity index (χ0n) is 11.5. The third kappa shape index (κ3) is 4.66. The molecule has 94 valence electrons. The summed E-state index contributed by atoms with van der Waals surface area (Å²) in [6.07, 6.45) is 0. The van der Waals surface area contributed by atoms with E-state index in [-0.39, 0.29) is 5.97 Å². The molecule has 0 aliphatic rings. The second-order valence-electron chi connectivity index (χ2n) is 6.16. The Bertz CT molecular complexity index is 416. The minimum absolute atomic E-state index is 0.338. The number of hydrogen-bond acceptors (Lipinski definition) is 3. The van der Waals surface area contributed by atoms with Crippen LogP contribution in [-0.2, 0) is 4.74 Å². The van der Waals surface area contributed by atoms with Crippen LogP contribution in [0.4, 0.5) is 0 Å². The monoisotopic (exact) mass is 343 g/mol. The number of pyridine rings is 1. The van der Waals surface area contributed by atoms with Gasteiger partial charge < -0.3 is 0 Å². The minimum atomic E-state index is -2.21. The Morgan fingerprint density at radius 2 is 1.82 bits per heavy atom. The van der Waals surface area contributed by atoms with Crippen molar-refractivity contribution < 1.29 is 9.53 Å². The molecule has 0 aromatic carbocycles. The van der Waals surface area contributed by atoms with Crippen molar-refractivity contribution in [1.29, 1.82) is 0 Å². The summed E-state index contributed by atoms with van der Waals surface area (Å²) in [7, 11) is 0. The van der Waals surface area contributed by atoms with Crippen molar-refractivity contribution in [3.05, 3.63) is 23.9 Å². The zero-order valence-corrected chi connectivity index (χ0v) is 14.3. The van der Waals surface area contributed by atoms with E-state index in [0.29, 0.717) is 5.69 Å². The molecule has 0 spiro atoms. The standard InChI is InChI=1S/C10H12NO2.3CH3.Sn/c1-10(2,3)13-9(12)8-6-4-5-7-11-8;;;;/h4-6H,1-3H3;3*1H3;. The Morgan fingerprint density at radius 3 is 2.29 bits per heavy atom. The van der Waals surface area contributed by atoms with Gasteiger partial charge in [-0.15, -0.1) is 0 Å². The molecule has 0 amide bonds. The molecule has 0 bridgehead atoms. The molecule has 0 saturated heterocycles. The first-order valence-electron chi connectivity index (χ1n) is 5.80. The van der Waals surface area contributed by atoms with Crippen LogP contribution in [0.3, 0.4) is 0 Å². The average Bonchev–Trinajstić information content (AvgIpc) is 2.14. The number of carbonyl (C=O) groups is 1. The van der Waals surface area contributed by atoms with Gasteiger partial charge in [-0.1, -0.05) is 0 Å². The Labute approximate surface area is 107 Å². The molecule has 0 radical (unpaired) electrons. The molecular formula is C13H21NO2Sn. The fraction of sp³-hybridized carbons (Fsp3) is 0.538. The summed E-state index contributed by atoms with van der Waals surface area (Å²) in [5, 5.41) is 0. The average molecular weight is 342 g/mol. The molecule has 4 heteroatoms. The summed E-state index contributed by atoms with van der Waals surface area (Å²) in [6, 6.07) is 5.63. The van der Waals surface area contributed by atoms with E-state index in [0.717, 1.165) is 3.71 Å². The summed E-state index contributed by atoms with van der Waals surface area (Å²) in [6.45, 7) is 5.58. The van der Waals surface area contributed by atoms with Crippen LogP contribution in [-0.4, -0.2) is 34.9 Å². The van der Waals surface area contributed by atoms with Crippen molar-refractivity contribution in [1.82, 2.24) is 4.98 Å². The van der Waals surface area contributed by atoms with Gasteiger partial charge in [0.05, 0.1) is 0 Å². The van der Waals surface area contributed by atoms with Crippen LogP contribution in [0.1, 0.15) is 31.3 Å². The van der Waals surface area contributed by atoms with Crippen LogP contribution in [0.5, 0.6) is 0 Å². The van der Waals surface area contributed by atoms with E-state index in [1.807, 2.05) is 32.9 Å². The van der Waals surface area contributed by atoms with E-state index in [9.17, 15) is 4.79 Å². The zero-order chi connectivity index (χ0) is 13.3. The quantitative estimate of drug-likeness (QED) is 0.613. The molecule has 0 N–H and O–H groups in total. The molecule has 1 rings (SSSR count). The van der Waals surface area contributed by atoms with Gasteiger partial charge in [-0.25, -0.2) is 0 Å². The van der Waals surface area contributed by atoms with Crippen LogP contribution >= 0.6 is 0 Å². The van der Waals surface area contributed by atoms with Crippen molar-refractivity contribution in [2.75, 3.05) is 0 Å². The van der Waals surface area contributed by atoms with Crippen molar-refractivity contribution in [3.63, 3.8) is 0 Å².